The van der Waals surface area contributed by atoms with Crippen molar-refractivity contribution in [2.45, 2.75) is 95.7 Å². The Balaban J connectivity index is 1.29. The van der Waals surface area contributed by atoms with Crippen LogP contribution in [0.25, 0.3) is 22.3 Å². The second-order valence-electron chi connectivity index (χ2n) is 16.0. The van der Waals surface area contributed by atoms with E-state index in [1.807, 2.05) is 4.90 Å². The smallest absolute Gasteiger partial charge is 0.235 e. The summed E-state index contributed by atoms with van der Waals surface area (Å²) in [6, 6.07) is 6.61. The number of ether oxygens (including phenoxy) is 5. The highest BCUT2D eigenvalue weighted by Gasteiger charge is 2.52. The third kappa shape index (κ3) is 7.60. The van der Waals surface area contributed by atoms with E-state index in [4.69, 9.17) is 28.1 Å². The van der Waals surface area contributed by atoms with Gasteiger partial charge in [0.25, 0.3) is 0 Å². The molecule has 2 aromatic heterocycles. The molecule has 270 valence electrons. The van der Waals surface area contributed by atoms with Gasteiger partial charge in [-0.05, 0) is 48.4 Å². The van der Waals surface area contributed by atoms with Crippen molar-refractivity contribution in [1.82, 2.24) is 9.55 Å². The van der Waals surface area contributed by atoms with Crippen LogP contribution in [0.3, 0.4) is 0 Å². The summed E-state index contributed by atoms with van der Waals surface area (Å²) in [5, 5.41) is 0.0155. The van der Waals surface area contributed by atoms with E-state index in [-0.39, 0.29) is 53.2 Å². The number of hydrogen-bond donors (Lipinski definition) is 0. The Hall–Kier alpha value is -2.47. The molecule has 3 fully saturated rings. The Morgan fingerprint density at radius 3 is 2.18 bits per heavy atom. The largest absolute Gasteiger partial charge is 0.468 e. The van der Waals surface area contributed by atoms with Crippen molar-refractivity contribution in [3.8, 4) is 17.1 Å². The van der Waals surface area contributed by atoms with Gasteiger partial charge in [-0.15, -0.1) is 0 Å². The standard InChI is InChI=1S/C35H50F3N3O6Si2/c1-35(2,3)49(7,8)47-28-20-45-32-27(19-44-33(28)32)46-34-30(38)31-26(41(34)21-43-15-16-48(4,5)6)10-9-25(39-31)29-23(36)17-22(18-24(29)37)40-11-13-42-14-12-40/h9-10,17-18,27-28,32-33H,11-16,19-21H2,1-8H3/t27-,28?,32-,33-/m1/s1. The maximum absolute atomic E-state index is 16.5. The third-order valence-electron chi connectivity index (χ3n) is 10.2. The average molecular weight is 722 g/mol. The maximum Gasteiger partial charge on any atom is 0.235 e. The van der Waals surface area contributed by atoms with Crippen LogP contribution in [0, 0.1) is 17.5 Å². The highest BCUT2D eigenvalue weighted by Crippen LogP contribution is 2.42. The summed E-state index contributed by atoms with van der Waals surface area (Å²) < 4.78 is 85.8. The first-order valence-corrected chi connectivity index (χ1v) is 23.8. The summed E-state index contributed by atoms with van der Waals surface area (Å²) in [6.45, 7) is 20.8. The van der Waals surface area contributed by atoms with Crippen LogP contribution in [-0.2, 0) is 30.1 Å². The molecule has 0 aliphatic carbocycles. The highest BCUT2D eigenvalue weighted by atomic mass is 28.4. The van der Waals surface area contributed by atoms with Crippen molar-refractivity contribution in [3.63, 3.8) is 0 Å². The molecule has 0 saturated carbocycles. The topological polar surface area (TPSA) is 76.4 Å². The van der Waals surface area contributed by atoms with Crippen molar-refractivity contribution in [3.05, 3.63) is 41.7 Å². The molecule has 0 radical (unpaired) electrons. The number of nitrogens with zero attached hydrogens (tertiary/aromatic N) is 3. The van der Waals surface area contributed by atoms with E-state index in [2.05, 4.69) is 58.5 Å². The molecule has 0 N–H and O–H groups in total. The number of anilines is 1. The minimum atomic E-state index is -2.10. The second-order valence-corrected chi connectivity index (χ2v) is 26.4. The first-order valence-electron chi connectivity index (χ1n) is 17.2. The van der Waals surface area contributed by atoms with Gasteiger partial charge in [-0.1, -0.05) is 40.4 Å². The number of aromatic nitrogens is 2. The van der Waals surface area contributed by atoms with Gasteiger partial charge < -0.3 is 33.0 Å². The number of pyridine rings is 1. The predicted molar refractivity (Wildman–Crippen MR) is 188 cm³/mol. The SMILES string of the molecule is CC(C)(C)[Si](C)(C)OC1CO[C@H]2[C@@H]1OC[C@H]2Oc1c(F)c2nc(-c3c(F)cc(N4CCOCC4)cc3F)ccc2n1COCC[Si](C)(C)C. The van der Waals surface area contributed by atoms with Crippen LogP contribution in [0.1, 0.15) is 20.8 Å². The van der Waals surface area contributed by atoms with Crippen molar-refractivity contribution in [2.24, 2.45) is 0 Å². The number of rotatable bonds is 11. The number of benzene rings is 1. The molecule has 1 unspecified atom stereocenters. The first-order chi connectivity index (χ1) is 23.0. The van der Waals surface area contributed by atoms with Crippen molar-refractivity contribution >= 4 is 33.1 Å². The summed E-state index contributed by atoms with van der Waals surface area (Å²) in [6.07, 6.45) is -1.65. The molecule has 4 atom stereocenters. The summed E-state index contributed by atoms with van der Waals surface area (Å²) in [5.74, 6) is -2.38. The van der Waals surface area contributed by atoms with Gasteiger partial charge in [-0.2, -0.15) is 4.39 Å². The Morgan fingerprint density at radius 1 is 0.918 bits per heavy atom. The van der Waals surface area contributed by atoms with Crippen LogP contribution in [-0.4, -0.2) is 96.5 Å². The fourth-order valence-electron chi connectivity index (χ4n) is 6.22. The Morgan fingerprint density at radius 2 is 1.55 bits per heavy atom. The van der Waals surface area contributed by atoms with E-state index in [1.54, 1.807) is 10.6 Å². The Bertz CT molecular complexity index is 1630. The number of morpholine rings is 1. The summed E-state index contributed by atoms with van der Waals surface area (Å²) in [7, 11) is -3.48. The van der Waals surface area contributed by atoms with Gasteiger partial charge in [-0.3, -0.25) is 4.57 Å². The van der Waals surface area contributed by atoms with Crippen LogP contribution >= 0.6 is 0 Å². The summed E-state index contributed by atoms with van der Waals surface area (Å²) in [4.78, 5) is 6.33. The molecule has 1 aromatic carbocycles. The first kappa shape index (κ1) is 36.3. The van der Waals surface area contributed by atoms with E-state index in [0.717, 1.165) is 6.04 Å². The van der Waals surface area contributed by atoms with Gasteiger partial charge in [-0.25, -0.2) is 13.8 Å². The van der Waals surface area contributed by atoms with E-state index in [1.165, 1.54) is 18.2 Å². The lowest BCUT2D eigenvalue weighted by Gasteiger charge is -2.39. The minimum Gasteiger partial charge on any atom is -0.468 e. The fourth-order valence-corrected chi connectivity index (χ4v) is 8.28. The van der Waals surface area contributed by atoms with Crippen molar-refractivity contribution < 1.29 is 41.3 Å². The lowest BCUT2D eigenvalue weighted by atomic mass is 10.1. The molecular formula is C35H50F3N3O6Si2. The zero-order chi connectivity index (χ0) is 35.3. The zero-order valence-corrected chi connectivity index (χ0v) is 31.9. The highest BCUT2D eigenvalue weighted by molar-refractivity contribution is 6.76. The molecule has 3 aromatic rings. The van der Waals surface area contributed by atoms with E-state index < -0.39 is 46.1 Å². The van der Waals surface area contributed by atoms with Crippen molar-refractivity contribution in [2.75, 3.05) is 51.0 Å². The zero-order valence-electron chi connectivity index (χ0n) is 29.9. The molecule has 5 heterocycles. The van der Waals surface area contributed by atoms with Crippen LogP contribution in [0.2, 0.25) is 43.8 Å². The van der Waals surface area contributed by atoms with Gasteiger partial charge >= 0.3 is 0 Å². The molecule has 0 amide bonds. The predicted octanol–water partition coefficient (Wildman–Crippen LogP) is 7.20. The molecular weight excluding hydrogens is 672 g/mol. The van der Waals surface area contributed by atoms with Crippen molar-refractivity contribution in [1.29, 1.82) is 0 Å². The average Bonchev–Trinajstić information content (AvgIpc) is 3.68. The van der Waals surface area contributed by atoms with E-state index in [0.29, 0.717) is 50.7 Å². The fraction of sp³-hybridized carbons (Fsp3) is 0.629. The maximum atomic E-state index is 16.5. The van der Waals surface area contributed by atoms with Crippen LogP contribution in [0.15, 0.2) is 24.3 Å². The van der Waals surface area contributed by atoms with Crippen LogP contribution in [0.4, 0.5) is 18.9 Å². The van der Waals surface area contributed by atoms with Crippen LogP contribution < -0.4 is 9.64 Å². The molecule has 0 bridgehead atoms. The minimum absolute atomic E-state index is 0.0118. The molecule has 3 aliphatic heterocycles. The summed E-state index contributed by atoms with van der Waals surface area (Å²) in [5.41, 5.74) is 0.400. The number of halogens is 3. The normalized spacial score (nSPS) is 23.4. The van der Waals surface area contributed by atoms with Gasteiger partial charge in [0.1, 0.15) is 36.1 Å². The van der Waals surface area contributed by atoms with Crippen LogP contribution in [0.5, 0.6) is 5.88 Å². The molecule has 0 spiro atoms. The van der Waals surface area contributed by atoms with Gasteiger partial charge in [0.05, 0.1) is 49.3 Å². The summed E-state index contributed by atoms with van der Waals surface area (Å²) >= 11 is 0. The molecule has 3 saturated heterocycles. The molecule has 14 heteroatoms. The molecule has 3 aliphatic rings. The molecule has 49 heavy (non-hydrogen) atoms. The molecule has 6 rings (SSSR count). The van der Waals surface area contributed by atoms with Gasteiger partial charge in [0, 0.05) is 33.5 Å². The van der Waals surface area contributed by atoms with Gasteiger partial charge in [0.15, 0.2) is 14.4 Å². The Labute approximate surface area is 289 Å². The van der Waals surface area contributed by atoms with E-state index in [9.17, 15) is 0 Å². The number of hydrogen-bond acceptors (Lipinski definition) is 8. The second kappa shape index (κ2) is 13.9. The monoisotopic (exact) mass is 721 g/mol. The molecule has 9 nitrogen and oxygen atoms in total. The quantitative estimate of drug-likeness (QED) is 0.152. The Kier molecular flexibility index (Phi) is 10.3. The lowest BCUT2D eigenvalue weighted by Crippen LogP contribution is -2.47. The van der Waals surface area contributed by atoms with Gasteiger partial charge in [0.2, 0.25) is 11.7 Å². The number of fused-ring (bicyclic) bond motifs is 2. The third-order valence-corrected chi connectivity index (χ3v) is 16.4. The van der Waals surface area contributed by atoms with E-state index >= 15 is 13.2 Å². The lowest BCUT2D eigenvalue weighted by molar-refractivity contribution is 0.00724.